The minimum Gasteiger partial charge on any atom is -0.492 e. The summed E-state index contributed by atoms with van der Waals surface area (Å²) in [5.74, 6) is 0.902. The van der Waals surface area contributed by atoms with Gasteiger partial charge in [-0.25, -0.2) is 0 Å². The lowest BCUT2D eigenvalue weighted by Gasteiger charge is -2.16. The molecule has 0 atom stereocenters. The average molecular weight is 296 g/mol. The van der Waals surface area contributed by atoms with Crippen LogP contribution in [0.1, 0.15) is 21.7 Å². The molecule has 0 amide bonds. The van der Waals surface area contributed by atoms with Gasteiger partial charge in [-0.2, -0.15) is 5.26 Å². The molecule has 2 aromatic rings. The smallest absolute Gasteiger partial charge is 0.127 e. The summed E-state index contributed by atoms with van der Waals surface area (Å²) >= 11 is 1.53. The van der Waals surface area contributed by atoms with Crippen molar-refractivity contribution in [2.45, 2.75) is 6.42 Å². The van der Waals surface area contributed by atoms with Crippen LogP contribution in [0.25, 0.3) is 5.57 Å². The van der Waals surface area contributed by atoms with Crippen molar-refractivity contribution >= 4 is 16.9 Å². The van der Waals surface area contributed by atoms with Crippen molar-refractivity contribution < 1.29 is 4.74 Å². The van der Waals surface area contributed by atoms with E-state index in [0.29, 0.717) is 6.61 Å². The first-order chi connectivity index (χ1) is 10.4. The van der Waals surface area contributed by atoms with E-state index >= 15 is 0 Å². The van der Waals surface area contributed by atoms with Gasteiger partial charge in [0, 0.05) is 17.0 Å². The van der Waals surface area contributed by atoms with E-state index in [9.17, 15) is 0 Å². The number of nitriles is 1. The zero-order valence-corrected chi connectivity index (χ0v) is 12.5. The molecule has 4 heteroatoms. The number of ether oxygens (including phenoxy) is 1. The summed E-state index contributed by atoms with van der Waals surface area (Å²) in [6.45, 7) is 2.46. The zero-order chi connectivity index (χ0) is 14.5. The number of nitrogens with zero attached hydrogens (tertiary/aromatic N) is 1. The first-order valence-electron chi connectivity index (χ1n) is 7.02. The van der Waals surface area contributed by atoms with Crippen molar-refractivity contribution in [3.8, 4) is 11.8 Å². The van der Waals surface area contributed by atoms with Crippen LogP contribution in [-0.4, -0.2) is 19.7 Å². The minimum atomic E-state index is 0.665. The van der Waals surface area contributed by atoms with Crippen molar-refractivity contribution in [3.05, 3.63) is 57.8 Å². The van der Waals surface area contributed by atoms with E-state index in [2.05, 4.69) is 23.5 Å². The Morgan fingerprint density at radius 2 is 2.05 bits per heavy atom. The van der Waals surface area contributed by atoms with Gasteiger partial charge in [-0.15, -0.1) is 11.3 Å². The van der Waals surface area contributed by atoms with E-state index in [-0.39, 0.29) is 0 Å². The molecule has 2 heterocycles. The van der Waals surface area contributed by atoms with Crippen molar-refractivity contribution in [3.63, 3.8) is 0 Å². The second-order valence-electron chi connectivity index (χ2n) is 4.78. The van der Waals surface area contributed by atoms with E-state index in [4.69, 9.17) is 10.00 Å². The summed E-state index contributed by atoms with van der Waals surface area (Å²) in [5.41, 5.74) is 2.26. The normalized spacial score (nSPS) is 17.8. The van der Waals surface area contributed by atoms with Crippen molar-refractivity contribution in [1.82, 2.24) is 5.32 Å². The molecule has 0 spiro atoms. The molecule has 0 unspecified atom stereocenters. The molecule has 3 rings (SSSR count). The Hall–Kier alpha value is -2.09. The van der Waals surface area contributed by atoms with Gasteiger partial charge in [0.25, 0.3) is 0 Å². The number of hydrogen-bond acceptors (Lipinski definition) is 4. The quantitative estimate of drug-likeness (QED) is 0.877. The predicted octanol–water partition coefficient (Wildman–Crippen LogP) is 3.42. The van der Waals surface area contributed by atoms with Gasteiger partial charge in [0.05, 0.1) is 0 Å². The second-order valence-corrected chi connectivity index (χ2v) is 5.86. The van der Waals surface area contributed by atoms with Gasteiger partial charge >= 0.3 is 0 Å². The molecule has 1 aromatic carbocycles. The lowest BCUT2D eigenvalue weighted by molar-refractivity contribution is 0.313. The standard InChI is InChI=1S/C17H16N2OS/c18-12-13-7-8-17(21-13)15-5-3-9-19-10-11-20-16-6-2-1-4-14(15)16/h1-2,4-8,19H,3,9-11H2/b15-5+. The number of thiophene rings is 1. The fraction of sp³-hybridized carbons (Fsp3) is 0.235. The number of hydrogen-bond donors (Lipinski definition) is 1. The number of fused-ring (bicyclic) bond motifs is 1. The van der Waals surface area contributed by atoms with Gasteiger partial charge in [-0.05, 0) is 36.7 Å². The van der Waals surface area contributed by atoms with Gasteiger partial charge in [0.2, 0.25) is 0 Å². The minimum absolute atomic E-state index is 0.665. The lowest BCUT2D eigenvalue weighted by Crippen LogP contribution is -2.22. The second kappa shape index (κ2) is 6.57. The van der Waals surface area contributed by atoms with E-state index in [1.165, 1.54) is 11.3 Å². The maximum absolute atomic E-state index is 9.03. The molecule has 0 bridgehead atoms. The zero-order valence-electron chi connectivity index (χ0n) is 11.6. The molecule has 1 N–H and O–H groups in total. The van der Waals surface area contributed by atoms with E-state index in [1.807, 2.05) is 30.3 Å². The van der Waals surface area contributed by atoms with Crippen LogP contribution < -0.4 is 10.1 Å². The van der Waals surface area contributed by atoms with Gasteiger partial charge in [-0.1, -0.05) is 24.3 Å². The number of para-hydroxylation sites is 1. The highest BCUT2D eigenvalue weighted by molar-refractivity contribution is 7.13. The van der Waals surface area contributed by atoms with Gasteiger partial charge in [0.1, 0.15) is 23.3 Å². The van der Waals surface area contributed by atoms with E-state index < -0.39 is 0 Å². The maximum Gasteiger partial charge on any atom is 0.127 e. The predicted molar refractivity (Wildman–Crippen MR) is 85.5 cm³/mol. The van der Waals surface area contributed by atoms with Crippen LogP contribution in [0.15, 0.2) is 42.5 Å². The van der Waals surface area contributed by atoms with Crippen LogP contribution in [0.4, 0.5) is 0 Å². The summed E-state index contributed by atoms with van der Waals surface area (Å²) in [6.07, 6.45) is 3.19. The first-order valence-corrected chi connectivity index (χ1v) is 7.83. The molecule has 1 aliphatic heterocycles. The van der Waals surface area contributed by atoms with Crippen molar-refractivity contribution in [2.75, 3.05) is 19.7 Å². The Morgan fingerprint density at radius 3 is 2.90 bits per heavy atom. The Kier molecular flexibility index (Phi) is 4.34. The van der Waals surface area contributed by atoms with Gasteiger partial charge in [0.15, 0.2) is 0 Å². The molecule has 0 fully saturated rings. The Labute approximate surface area is 128 Å². The summed E-state index contributed by atoms with van der Waals surface area (Å²) in [7, 11) is 0. The molecule has 0 saturated heterocycles. The molecule has 21 heavy (non-hydrogen) atoms. The molecule has 1 aromatic heterocycles. The Balaban J connectivity index is 2.06. The van der Waals surface area contributed by atoms with Crippen LogP contribution in [0, 0.1) is 11.3 Å². The first kappa shape index (κ1) is 13.9. The summed E-state index contributed by atoms with van der Waals surface area (Å²) in [5, 5.41) is 12.4. The number of benzene rings is 1. The number of nitrogens with one attached hydrogen (secondary N) is 1. The molecular weight excluding hydrogens is 280 g/mol. The SMILES string of the molecule is N#Cc1ccc(/C2=C/CCNCCOc3ccccc32)s1. The van der Waals surface area contributed by atoms with Crippen LogP contribution >= 0.6 is 11.3 Å². The highest BCUT2D eigenvalue weighted by atomic mass is 32.1. The lowest BCUT2D eigenvalue weighted by atomic mass is 10.0. The fourth-order valence-corrected chi connectivity index (χ4v) is 3.24. The Bertz CT molecular complexity index is 697. The summed E-state index contributed by atoms with van der Waals surface area (Å²) < 4.78 is 5.89. The average Bonchev–Trinajstić information content (AvgIpc) is 3.00. The topological polar surface area (TPSA) is 45.0 Å². The highest BCUT2D eigenvalue weighted by Crippen LogP contribution is 2.35. The Morgan fingerprint density at radius 1 is 1.14 bits per heavy atom. The molecule has 3 nitrogen and oxygen atoms in total. The van der Waals surface area contributed by atoms with Crippen LogP contribution in [0.5, 0.6) is 5.75 Å². The summed E-state index contributed by atoms with van der Waals surface area (Å²) in [6, 6.07) is 14.2. The van der Waals surface area contributed by atoms with Gasteiger partial charge < -0.3 is 10.1 Å². The van der Waals surface area contributed by atoms with E-state index in [1.54, 1.807) is 0 Å². The molecule has 106 valence electrons. The number of rotatable bonds is 1. The third kappa shape index (κ3) is 3.15. The van der Waals surface area contributed by atoms with E-state index in [0.717, 1.165) is 46.2 Å². The molecular formula is C17H16N2OS. The monoisotopic (exact) mass is 296 g/mol. The molecule has 0 aliphatic carbocycles. The van der Waals surface area contributed by atoms with Crippen LogP contribution in [0.3, 0.4) is 0 Å². The van der Waals surface area contributed by atoms with Gasteiger partial charge in [-0.3, -0.25) is 0 Å². The summed E-state index contributed by atoms with van der Waals surface area (Å²) in [4.78, 5) is 1.85. The molecule has 0 saturated carbocycles. The van der Waals surface area contributed by atoms with Crippen molar-refractivity contribution in [1.29, 1.82) is 5.26 Å². The van der Waals surface area contributed by atoms with Crippen LogP contribution in [-0.2, 0) is 0 Å². The molecule has 0 radical (unpaired) electrons. The maximum atomic E-state index is 9.03. The highest BCUT2D eigenvalue weighted by Gasteiger charge is 2.13. The third-order valence-corrected chi connectivity index (χ3v) is 4.39. The van der Waals surface area contributed by atoms with Crippen molar-refractivity contribution in [2.24, 2.45) is 0 Å². The van der Waals surface area contributed by atoms with Crippen LogP contribution in [0.2, 0.25) is 0 Å². The fourth-order valence-electron chi connectivity index (χ4n) is 2.38. The largest absolute Gasteiger partial charge is 0.492 e. The third-order valence-electron chi connectivity index (χ3n) is 3.36. The molecule has 1 aliphatic rings.